The molecule has 0 aliphatic carbocycles. The Morgan fingerprint density at radius 1 is 0.708 bits per heavy atom. The van der Waals surface area contributed by atoms with Crippen LogP contribution >= 0.6 is 23.4 Å². The molecule has 242 valence electrons. The van der Waals surface area contributed by atoms with Gasteiger partial charge in [0.1, 0.15) is 10.9 Å². The van der Waals surface area contributed by atoms with E-state index < -0.39 is 17.1 Å². The van der Waals surface area contributed by atoms with E-state index in [9.17, 15) is 14.4 Å². The minimum Gasteiger partial charge on any atom is -0.493 e. The minimum absolute atomic E-state index is 0.00290. The lowest BCUT2D eigenvalue weighted by atomic mass is 10.1. The average molecular weight is 678 g/mol. The van der Waals surface area contributed by atoms with Crippen LogP contribution in [0.4, 0.5) is 11.4 Å². The second-order valence-corrected chi connectivity index (χ2v) is 12.0. The fraction of sp³-hybridized carbons (Fsp3) is 0.0789. The molecule has 0 fully saturated rings. The Kier molecular flexibility index (Phi) is 11.5. The van der Waals surface area contributed by atoms with Crippen LogP contribution in [0.1, 0.15) is 26.7 Å². The van der Waals surface area contributed by atoms with E-state index in [4.69, 9.17) is 21.1 Å². The number of amides is 3. The summed E-state index contributed by atoms with van der Waals surface area (Å²) >= 11 is 7.39. The van der Waals surface area contributed by atoms with Gasteiger partial charge in [-0.15, -0.1) is 11.8 Å². The van der Waals surface area contributed by atoms with Gasteiger partial charge in [0.2, 0.25) is 5.91 Å². The Balaban J connectivity index is 1.36. The van der Waals surface area contributed by atoms with Crippen LogP contribution in [0, 0.1) is 0 Å². The SMILES string of the molecule is COc1cccc(/C=C(\NC(=O)c2ccccc2)C(=O)Nc2ccc(SC(C(=O)Nc3ccc(Cl)cc3)c3ccccc3)cc2)c1OC. The quantitative estimate of drug-likeness (QED) is 0.0908. The molecular weight excluding hydrogens is 646 g/mol. The standard InChI is InChI=1S/C38H32ClN3O5S/c1-46-33-15-9-14-27(34(33)47-2)24-32(42-36(43)26-12-7-4-8-13-26)37(44)40-30-20-22-31(23-21-30)48-35(25-10-5-3-6-11-25)38(45)41-29-18-16-28(39)17-19-29/h3-24,35H,1-2H3,(H,40,44)(H,41,45)(H,42,43)/b32-24-. The summed E-state index contributed by atoms with van der Waals surface area (Å²) in [7, 11) is 3.02. The molecule has 5 aromatic carbocycles. The normalized spacial score (nSPS) is 11.6. The van der Waals surface area contributed by atoms with Gasteiger partial charge in [0.25, 0.3) is 11.8 Å². The van der Waals surface area contributed by atoms with Crippen LogP contribution in [-0.4, -0.2) is 31.9 Å². The number of hydrogen-bond donors (Lipinski definition) is 3. The lowest BCUT2D eigenvalue weighted by Gasteiger charge is -2.18. The zero-order chi connectivity index (χ0) is 33.9. The third-order valence-electron chi connectivity index (χ3n) is 7.08. The molecule has 0 aliphatic rings. The van der Waals surface area contributed by atoms with Gasteiger partial charge in [-0.3, -0.25) is 14.4 Å². The zero-order valence-electron chi connectivity index (χ0n) is 26.1. The molecule has 0 saturated carbocycles. The fourth-order valence-electron chi connectivity index (χ4n) is 4.72. The van der Waals surface area contributed by atoms with E-state index in [-0.39, 0.29) is 11.6 Å². The minimum atomic E-state index is -0.553. The van der Waals surface area contributed by atoms with Crippen LogP contribution in [0.15, 0.2) is 138 Å². The second-order valence-electron chi connectivity index (χ2n) is 10.3. The van der Waals surface area contributed by atoms with Crippen molar-refractivity contribution in [3.05, 3.63) is 155 Å². The van der Waals surface area contributed by atoms with E-state index in [1.807, 2.05) is 42.5 Å². The number of carbonyl (C=O) groups is 3. The molecule has 0 heterocycles. The first-order valence-electron chi connectivity index (χ1n) is 14.8. The van der Waals surface area contributed by atoms with Crippen LogP contribution in [0.5, 0.6) is 11.5 Å². The van der Waals surface area contributed by atoms with Crippen molar-refractivity contribution in [2.24, 2.45) is 0 Å². The van der Waals surface area contributed by atoms with Gasteiger partial charge in [0.15, 0.2) is 11.5 Å². The first-order chi connectivity index (χ1) is 23.3. The predicted molar refractivity (Wildman–Crippen MR) is 192 cm³/mol. The summed E-state index contributed by atoms with van der Waals surface area (Å²) < 4.78 is 10.9. The molecule has 0 spiro atoms. The molecule has 5 aromatic rings. The maximum absolute atomic E-state index is 13.6. The number of methoxy groups -OCH3 is 2. The summed E-state index contributed by atoms with van der Waals surface area (Å²) in [5.74, 6) is -0.302. The topological polar surface area (TPSA) is 106 Å². The average Bonchev–Trinajstić information content (AvgIpc) is 3.12. The van der Waals surface area contributed by atoms with Crippen LogP contribution in [-0.2, 0) is 9.59 Å². The van der Waals surface area contributed by atoms with Gasteiger partial charge in [-0.25, -0.2) is 0 Å². The number of benzene rings is 5. The number of thioether (sulfide) groups is 1. The fourth-order valence-corrected chi connectivity index (χ4v) is 5.87. The summed E-state index contributed by atoms with van der Waals surface area (Å²) in [6, 6.07) is 37.4. The van der Waals surface area contributed by atoms with Gasteiger partial charge in [0.05, 0.1) is 14.2 Å². The molecule has 0 radical (unpaired) electrons. The Morgan fingerprint density at radius 3 is 1.98 bits per heavy atom. The zero-order valence-corrected chi connectivity index (χ0v) is 27.7. The summed E-state index contributed by atoms with van der Waals surface area (Å²) in [5, 5.41) is 8.60. The van der Waals surface area contributed by atoms with E-state index in [2.05, 4.69) is 16.0 Å². The number of carbonyl (C=O) groups excluding carboxylic acids is 3. The molecule has 0 saturated heterocycles. The number of ether oxygens (including phenoxy) is 2. The maximum Gasteiger partial charge on any atom is 0.272 e. The van der Waals surface area contributed by atoms with Gasteiger partial charge in [-0.2, -0.15) is 0 Å². The molecule has 5 rings (SSSR count). The highest BCUT2D eigenvalue weighted by Gasteiger charge is 2.23. The molecule has 8 nitrogen and oxygen atoms in total. The predicted octanol–water partition coefficient (Wildman–Crippen LogP) is 8.24. The lowest BCUT2D eigenvalue weighted by molar-refractivity contribution is -0.116. The van der Waals surface area contributed by atoms with E-state index in [1.165, 1.54) is 32.1 Å². The van der Waals surface area contributed by atoms with Crippen molar-refractivity contribution < 1.29 is 23.9 Å². The van der Waals surface area contributed by atoms with Gasteiger partial charge in [-0.05, 0) is 78.4 Å². The summed E-state index contributed by atoms with van der Waals surface area (Å²) in [4.78, 5) is 41.0. The molecule has 1 unspecified atom stereocenters. The Labute approximate surface area is 288 Å². The van der Waals surface area contributed by atoms with Crippen molar-refractivity contribution in [2.75, 3.05) is 24.9 Å². The second kappa shape index (κ2) is 16.4. The highest BCUT2D eigenvalue weighted by atomic mass is 35.5. The van der Waals surface area contributed by atoms with Crippen molar-refractivity contribution in [1.29, 1.82) is 0 Å². The van der Waals surface area contributed by atoms with Crippen LogP contribution in [0.3, 0.4) is 0 Å². The molecule has 3 amide bonds. The third-order valence-corrected chi connectivity index (χ3v) is 8.60. The largest absolute Gasteiger partial charge is 0.493 e. The van der Waals surface area contributed by atoms with Crippen LogP contribution < -0.4 is 25.4 Å². The molecule has 48 heavy (non-hydrogen) atoms. The van der Waals surface area contributed by atoms with Crippen LogP contribution in [0.25, 0.3) is 6.08 Å². The van der Waals surface area contributed by atoms with Crippen molar-refractivity contribution in [2.45, 2.75) is 10.1 Å². The monoisotopic (exact) mass is 677 g/mol. The number of rotatable bonds is 12. The highest BCUT2D eigenvalue weighted by Crippen LogP contribution is 2.37. The molecule has 0 aliphatic heterocycles. The Bertz CT molecular complexity index is 1900. The Morgan fingerprint density at radius 2 is 1.33 bits per heavy atom. The maximum atomic E-state index is 13.6. The van der Waals surface area contributed by atoms with Gasteiger partial charge < -0.3 is 25.4 Å². The number of hydrogen-bond acceptors (Lipinski definition) is 6. The highest BCUT2D eigenvalue weighted by molar-refractivity contribution is 8.00. The first-order valence-corrected chi connectivity index (χ1v) is 16.1. The Hall–Kier alpha value is -5.51. The first kappa shape index (κ1) is 33.8. The summed E-state index contributed by atoms with van der Waals surface area (Å²) in [5.41, 5.74) is 2.89. The van der Waals surface area contributed by atoms with E-state index in [0.29, 0.717) is 39.0 Å². The van der Waals surface area contributed by atoms with Gasteiger partial charge in [0, 0.05) is 32.4 Å². The van der Waals surface area contributed by atoms with E-state index >= 15 is 0 Å². The third kappa shape index (κ3) is 8.85. The van der Waals surface area contributed by atoms with Gasteiger partial charge in [-0.1, -0.05) is 72.3 Å². The number of halogens is 1. The molecule has 3 N–H and O–H groups in total. The number of para-hydroxylation sites is 1. The van der Waals surface area contributed by atoms with Gasteiger partial charge >= 0.3 is 0 Å². The molecule has 0 bridgehead atoms. The molecule has 10 heteroatoms. The van der Waals surface area contributed by atoms with Crippen LogP contribution in [0.2, 0.25) is 5.02 Å². The smallest absolute Gasteiger partial charge is 0.272 e. The molecule has 0 aromatic heterocycles. The lowest BCUT2D eigenvalue weighted by Crippen LogP contribution is -2.30. The van der Waals surface area contributed by atoms with E-state index in [1.54, 1.807) is 84.9 Å². The summed E-state index contributed by atoms with van der Waals surface area (Å²) in [6.07, 6.45) is 1.53. The molecular formula is C38H32ClN3O5S. The van der Waals surface area contributed by atoms with Crippen molar-refractivity contribution in [3.63, 3.8) is 0 Å². The van der Waals surface area contributed by atoms with E-state index in [0.717, 1.165) is 10.5 Å². The van der Waals surface area contributed by atoms with Crippen molar-refractivity contribution in [3.8, 4) is 11.5 Å². The van der Waals surface area contributed by atoms with Crippen molar-refractivity contribution in [1.82, 2.24) is 5.32 Å². The molecule has 1 atom stereocenters. The summed E-state index contributed by atoms with van der Waals surface area (Å²) in [6.45, 7) is 0. The number of anilines is 2. The van der Waals surface area contributed by atoms with Crippen molar-refractivity contribution >= 4 is 58.5 Å². The number of nitrogens with one attached hydrogen (secondary N) is 3.